The topological polar surface area (TPSA) is 65.2 Å². The number of para-hydroxylation sites is 2. The van der Waals surface area contributed by atoms with Crippen molar-refractivity contribution in [3.05, 3.63) is 83.7 Å². The van der Waals surface area contributed by atoms with Crippen LogP contribution in [0.15, 0.2) is 66.9 Å². The van der Waals surface area contributed by atoms with E-state index in [1.54, 1.807) is 37.4 Å². The second kappa shape index (κ2) is 6.78. The third kappa shape index (κ3) is 3.05. The highest BCUT2D eigenvalue weighted by Gasteiger charge is 2.30. The molecule has 0 radical (unpaired) electrons. The summed E-state index contributed by atoms with van der Waals surface area (Å²) in [5.74, 6) is -0.548. The van der Waals surface area contributed by atoms with Crippen LogP contribution in [0.5, 0.6) is 0 Å². The lowest BCUT2D eigenvalue weighted by Crippen LogP contribution is -2.29. The van der Waals surface area contributed by atoms with Crippen molar-refractivity contribution in [2.75, 3.05) is 12.4 Å². The molecule has 29 heavy (non-hydrogen) atoms. The van der Waals surface area contributed by atoms with Gasteiger partial charge in [-0.1, -0.05) is 50.3 Å². The van der Waals surface area contributed by atoms with Crippen LogP contribution < -0.4 is 5.32 Å². The first-order valence-electron chi connectivity index (χ1n) is 9.48. The summed E-state index contributed by atoms with van der Waals surface area (Å²) in [6.45, 7) is 8.09. The molecule has 1 aliphatic heterocycles. The number of rotatable bonds is 3. The molecule has 5 nitrogen and oxygen atoms in total. The molecule has 0 unspecified atom stereocenters. The fourth-order valence-electron chi connectivity index (χ4n) is 3.63. The molecule has 2 aromatic carbocycles. The highest BCUT2D eigenvalue weighted by atomic mass is 16.2. The molecule has 0 saturated heterocycles. The monoisotopic (exact) mass is 385 g/mol. The summed E-state index contributed by atoms with van der Waals surface area (Å²) in [6.07, 6.45) is 3.66. The Kier molecular flexibility index (Phi) is 4.38. The standard InChI is InChI=1S/C24H23N3O2/c1-5-24(2,3)21-17(15-10-6-8-12-18(15)25-21)14-20-22(28)26-19-13-9-7-11-16(19)23(29)27(20)4/h5-14,25H,1H2,2-4H3,(H,26,28)/b20-14+. The van der Waals surface area contributed by atoms with E-state index in [0.29, 0.717) is 11.3 Å². The van der Waals surface area contributed by atoms with Crippen LogP contribution >= 0.6 is 0 Å². The van der Waals surface area contributed by atoms with E-state index in [1.165, 1.54) is 4.90 Å². The van der Waals surface area contributed by atoms with Crippen LogP contribution in [-0.2, 0) is 10.2 Å². The highest BCUT2D eigenvalue weighted by Crippen LogP contribution is 2.35. The maximum atomic E-state index is 13.0. The average molecular weight is 385 g/mol. The molecule has 146 valence electrons. The summed E-state index contributed by atoms with van der Waals surface area (Å²) >= 11 is 0. The highest BCUT2D eigenvalue weighted by molar-refractivity contribution is 6.17. The molecule has 5 heteroatoms. The Hall–Kier alpha value is -3.60. The van der Waals surface area contributed by atoms with Gasteiger partial charge in [-0.05, 0) is 24.3 Å². The Morgan fingerprint density at radius 2 is 1.72 bits per heavy atom. The minimum absolute atomic E-state index is 0.227. The molecule has 0 fully saturated rings. The van der Waals surface area contributed by atoms with Gasteiger partial charge in [-0.25, -0.2) is 0 Å². The SMILES string of the molecule is C=CC(C)(C)c1[nH]c2ccccc2c1/C=C1\C(=O)Nc2ccccc2C(=O)N1C. The lowest BCUT2D eigenvalue weighted by molar-refractivity contribution is -0.113. The Morgan fingerprint density at radius 3 is 2.48 bits per heavy atom. The zero-order valence-corrected chi connectivity index (χ0v) is 16.7. The van der Waals surface area contributed by atoms with E-state index in [4.69, 9.17) is 0 Å². The number of fused-ring (bicyclic) bond motifs is 2. The molecule has 1 aromatic heterocycles. The summed E-state index contributed by atoms with van der Waals surface area (Å²) in [4.78, 5) is 30.9. The Balaban J connectivity index is 1.93. The molecule has 1 aliphatic rings. The van der Waals surface area contributed by atoms with E-state index in [-0.39, 0.29) is 22.9 Å². The first-order valence-corrected chi connectivity index (χ1v) is 9.48. The van der Waals surface area contributed by atoms with E-state index in [2.05, 4.69) is 30.7 Å². The van der Waals surface area contributed by atoms with E-state index >= 15 is 0 Å². The number of allylic oxidation sites excluding steroid dienone is 1. The molecule has 4 rings (SSSR count). The summed E-state index contributed by atoms with van der Waals surface area (Å²) in [5, 5.41) is 3.85. The molecular formula is C24H23N3O2. The van der Waals surface area contributed by atoms with Crippen LogP contribution in [0, 0.1) is 0 Å². The fourth-order valence-corrected chi connectivity index (χ4v) is 3.63. The van der Waals surface area contributed by atoms with Crippen molar-refractivity contribution in [2.24, 2.45) is 0 Å². The quantitative estimate of drug-likeness (QED) is 0.507. The normalized spacial score (nSPS) is 16.0. The van der Waals surface area contributed by atoms with Gasteiger partial charge < -0.3 is 15.2 Å². The first kappa shape index (κ1) is 18.7. The number of aromatic nitrogens is 1. The number of benzene rings is 2. The molecule has 0 bridgehead atoms. The third-order valence-corrected chi connectivity index (χ3v) is 5.49. The number of aromatic amines is 1. The van der Waals surface area contributed by atoms with Crippen LogP contribution in [0.2, 0.25) is 0 Å². The fraction of sp³-hybridized carbons (Fsp3) is 0.167. The number of amides is 2. The number of carbonyl (C=O) groups is 2. The molecule has 2 N–H and O–H groups in total. The van der Waals surface area contributed by atoms with Crippen LogP contribution in [0.1, 0.15) is 35.5 Å². The maximum Gasteiger partial charge on any atom is 0.272 e. The van der Waals surface area contributed by atoms with E-state index in [1.807, 2.05) is 30.3 Å². The van der Waals surface area contributed by atoms with Crippen molar-refractivity contribution in [3.63, 3.8) is 0 Å². The smallest absolute Gasteiger partial charge is 0.272 e. The number of carbonyl (C=O) groups excluding carboxylic acids is 2. The summed E-state index contributed by atoms with van der Waals surface area (Å²) in [6, 6.07) is 15.0. The minimum atomic E-state index is -0.349. The number of anilines is 1. The van der Waals surface area contributed by atoms with Gasteiger partial charge in [0.2, 0.25) is 0 Å². The van der Waals surface area contributed by atoms with Gasteiger partial charge in [0.1, 0.15) is 5.70 Å². The molecule has 0 aliphatic carbocycles. The van der Waals surface area contributed by atoms with Crippen LogP contribution in [0.4, 0.5) is 5.69 Å². The molecule has 3 aromatic rings. The first-order chi connectivity index (χ1) is 13.8. The summed E-state index contributed by atoms with van der Waals surface area (Å²) in [7, 11) is 1.63. The number of likely N-dealkylation sites (N-methyl/N-ethyl adjacent to an activating group) is 1. The molecule has 0 atom stereocenters. The lowest BCUT2D eigenvalue weighted by Gasteiger charge is -2.21. The van der Waals surface area contributed by atoms with E-state index in [0.717, 1.165) is 22.2 Å². The van der Waals surface area contributed by atoms with E-state index in [9.17, 15) is 9.59 Å². The lowest BCUT2D eigenvalue weighted by atomic mass is 9.86. The van der Waals surface area contributed by atoms with Gasteiger partial charge >= 0.3 is 0 Å². The van der Waals surface area contributed by atoms with Crippen molar-refractivity contribution < 1.29 is 9.59 Å². The third-order valence-electron chi connectivity index (χ3n) is 5.49. The number of nitrogens with zero attached hydrogens (tertiary/aromatic N) is 1. The van der Waals surface area contributed by atoms with Crippen molar-refractivity contribution in [1.29, 1.82) is 0 Å². The average Bonchev–Trinajstić information content (AvgIpc) is 3.07. The summed E-state index contributed by atoms with van der Waals surface area (Å²) < 4.78 is 0. The van der Waals surface area contributed by atoms with Crippen LogP contribution in [0.3, 0.4) is 0 Å². The number of hydrogen-bond acceptors (Lipinski definition) is 2. The zero-order chi connectivity index (χ0) is 20.8. The number of hydrogen-bond donors (Lipinski definition) is 2. The van der Waals surface area contributed by atoms with Crippen molar-refractivity contribution in [2.45, 2.75) is 19.3 Å². The molecule has 0 saturated carbocycles. The van der Waals surface area contributed by atoms with Crippen LogP contribution in [-0.4, -0.2) is 28.7 Å². The molecule has 2 amide bonds. The summed E-state index contributed by atoms with van der Waals surface area (Å²) in [5.41, 5.74) is 3.71. The van der Waals surface area contributed by atoms with Crippen molar-refractivity contribution in [1.82, 2.24) is 9.88 Å². The Bertz CT molecular complexity index is 1180. The predicted octanol–water partition coefficient (Wildman–Crippen LogP) is 4.70. The number of nitrogens with one attached hydrogen (secondary N) is 2. The van der Waals surface area contributed by atoms with Crippen LogP contribution in [0.25, 0.3) is 17.0 Å². The number of H-pyrrole nitrogens is 1. The maximum absolute atomic E-state index is 13.0. The van der Waals surface area contributed by atoms with Crippen molar-refractivity contribution >= 4 is 34.5 Å². The van der Waals surface area contributed by atoms with Crippen molar-refractivity contribution in [3.8, 4) is 0 Å². The minimum Gasteiger partial charge on any atom is -0.357 e. The zero-order valence-electron chi connectivity index (χ0n) is 16.7. The van der Waals surface area contributed by atoms with Gasteiger partial charge in [-0.15, -0.1) is 6.58 Å². The second-order valence-electron chi connectivity index (χ2n) is 7.78. The molecular weight excluding hydrogens is 362 g/mol. The van der Waals surface area contributed by atoms with Gasteiger partial charge in [0.05, 0.1) is 11.3 Å². The van der Waals surface area contributed by atoms with Gasteiger partial charge in [-0.3, -0.25) is 9.59 Å². The molecule has 0 spiro atoms. The van der Waals surface area contributed by atoms with E-state index < -0.39 is 0 Å². The predicted molar refractivity (Wildman–Crippen MR) is 117 cm³/mol. The Morgan fingerprint density at radius 1 is 1.03 bits per heavy atom. The van der Waals surface area contributed by atoms with Gasteiger partial charge in [0, 0.05) is 34.6 Å². The second-order valence-corrected chi connectivity index (χ2v) is 7.78. The van der Waals surface area contributed by atoms with Gasteiger partial charge in [0.15, 0.2) is 0 Å². The van der Waals surface area contributed by atoms with Gasteiger partial charge in [-0.2, -0.15) is 0 Å². The Labute approximate surface area is 169 Å². The largest absolute Gasteiger partial charge is 0.357 e. The van der Waals surface area contributed by atoms with Gasteiger partial charge in [0.25, 0.3) is 11.8 Å². The molecule has 2 heterocycles.